The Morgan fingerprint density at radius 3 is 2.46 bits per heavy atom. The summed E-state index contributed by atoms with van der Waals surface area (Å²) in [5.41, 5.74) is 0.876. The second-order valence-electron chi connectivity index (χ2n) is 8.34. The van der Waals surface area contributed by atoms with Crippen LogP contribution in [0.15, 0.2) is 10.4 Å². The number of rotatable bonds is 5. The molecule has 7 heteroatoms. The standard InChI is InChI=1S/C19H33N5OS/c1-18(2,3)14-12-26-15(23-14)11-21-17(20-4)22-13-19(9-7-8-10-19)16(25)24(5)6/h12H,7-11,13H2,1-6H3,(H2,20,21,22). The number of nitrogens with zero attached hydrogens (tertiary/aromatic N) is 3. The lowest BCUT2D eigenvalue weighted by Gasteiger charge is -2.31. The Hall–Kier alpha value is -1.63. The number of hydrogen-bond acceptors (Lipinski definition) is 4. The van der Waals surface area contributed by atoms with Crippen LogP contribution in [0.2, 0.25) is 0 Å². The third-order valence-electron chi connectivity index (χ3n) is 4.97. The van der Waals surface area contributed by atoms with Gasteiger partial charge in [-0.15, -0.1) is 11.3 Å². The van der Waals surface area contributed by atoms with Crippen molar-refractivity contribution in [1.82, 2.24) is 20.5 Å². The number of aliphatic imine (C=N–C) groups is 1. The fourth-order valence-electron chi connectivity index (χ4n) is 3.36. The fraction of sp³-hybridized carbons (Fsp3) is 0.737. The molecule has 2 N–H and O–H groups in total. The first-order chi connectivity index (χ1) is 12.2. The van der Waals surface area contributed by atoms with Gasteiger partial charge < -0.3 is 15.5 Å². The summed E-state index contributed by atoms with van der Waals surface area (Å²) in [7, 11) is 5.43. The molecule has 0 saturated heterocycles. The predicted octanol–water partition coefficient (Wildman–Crippen LogP) is 2.75. The fourth-order valence-corrected chi connectivity index (χ4v) is 4.32. The highest BCUT2D eigenvalue weighted by atomic mass is 32.1. The highest BCUT2D eigenvalue weighted by Crippen LogP contribution is 2.38. The molecule has 1 amide bonds. The first kappa shape index (κ1) is 20.7. The van der Waals surface area contributed by atoms with Crippen LogP contribution in [0.3, 0.4) is 0 Å². The molecule has 0 bridgehead atoms. The molecule has 0 atom stereocenters. The second-order valence-corrected chi connectivity index (χ2v) is 9.29. The van der Waals surface area contributed by atoms with Crippen LogP contribution < -0.4 is 10.6 Å². The normalized spacial score (nSPS) is 17.2. The first-order valence-electron chi connectivity index (χ1n) is 9.29. The van der Waals surface area contributed by atoms with Crippen molar-refractivity contribution in [3.05, 3.63) is 16.1 Å². The van der Waals surface area contributed by atoms with E-state index in [4.69, 9.17) is 4.98 Å². The van der Waals surface area contributed by atoms with Gasteiger partial charge in [0.2, 0.25) is 5.91 Å². The van der Waals surface area contributed by atoms with Gasteiger partial charge in [-0.05, 0) is 12.8 Å². The summed E-state index contributed by atoms with van der Waals surface area (Å²) >= 11 is 1.66. The molecule has 146 valence electrons. The molecule has 1 saturated carbocycles. The molecule has 0 spiro atoms. The van der Waals surface area contributed by atoms with Crippen molar-refractivity contribution in [2.75, 3.05) is 27.7 Å². The largest absolute Gasteiger partial charge is 0.355 e. The van der Waals surface area contributed by atoms with Crippen LogP contribution in [0.5, 0.6) is 0 Å². The van der Waals surface area contributed by atoms with Crippen molar-refractivity contribution >= 4 is 23.2 Å². The van der Waals surface area contributed by atoms with Crippen LogP contribution in [0.1, 0.15) is 57.2 Å². The predicted molar refractivity (Wildman–Crippen MR) is 109 cm³/mol. The Morgan fingerprint density at radius 1 is 1.31 bits per heavy atom. The molecule has 1 aliphatic rings. The van der Waals surface area contributed by atoms with E-state index >= 15 is 0 Å². The number of carbonyl (C=O) groups excluding carboxylic acids is 1. The molecule has 0 unspecified atom stereocenters. The average Bonchev–Trinajstić information content (AvgIpc) is 3.24. The molecule has 1 fully saturated rings. The Labute approximate surface area is 161 Å². The molecule has 26 heavy (non-hydrogen) atoms. The summed E-state index contributed by atoms with van der Waals surface area (Å²) < 4.78 is 0. The van der Waals surface area contributed by atoms with Crippen molar-refractivity contribution < 1.29 is 4.79 Å². The third-order valence-corrected chi connectivity index (χ3v) is 5.81. The number of guanidine groups is 1. The molecule has 1 heterocycles. The van der Waals surface area contributed by atoms with Gasteiger partial charge in [0.25, 0.3) is 0 Å². The van der Waals surface area contributed by atoms with Crippen LogP contribution in [-0.2, 0) is 16.8 Å². The molecule has 1 aliphatic carbocycles. The maximum absolute atomic E-state index is 12.7. The first-order valence-corrected chi connectivity index (χ1v) is 10.2. The SMILES string of the molecule is CN=C(NCc1nc(C(C)(C)C)cs1)NCC1(C(=O)N(C)C)CCCC1. The van der Waals surface area contributed by atoms with Gasteiger partial charge in [0.15, 0.2) is 5.96 Å². The Morgan fingerprint density at radius 2 is 1.96 bits per heavy atom. The molecule has 1 aromatic heterocycles. The van der Waals surface area contributed by atoms with E-state index in [9.17, 15) is 4.79 Å². The topological polar surface area (TPSA) is 69.6 Å². The number of carbonyl (C=O) groups is 1. The van der Waals surface area contributed by atoms with Crippen LogP contribution in [0.4, 0.5) is 0 Å². The molecule has 0 radical (unpaired) electrons. The van der Waals surface area contributed by atoms with E-state index in [1.807, 2.05) is 14.1 Å². The van der Waals surface area contributed by atoms with Gasteiger partial charge in [-0.1, -0.05) is 33.6 Å². The number of hydrogen-bond donors (Lipinski definition) is 2. The smallest absolute Gasteiger partial charge is 0.230 e. The summed E-state index contributed by atoms with van der Waals surface area (Å²) in [4.78, 5) is 23.4. The summed E-state index contributed by atoms with van der Waals surface area (Å²) in [5.74, 6) is 0.933. The van der Waals surface area contributed by atoms with Crippen LogP contribution in [-0.4, -0.2) is 49.4 Å². The highest BCUT2D eigenvalue weighted by Gasteiger charge is 2.42. The summed E-state index contributed by atoms with van der Waals surface area (Å²) in [6, 6.07) is 0. The summed E-state index contributed by atoms with van der Waals surface area (Å²) in [6.45, 7) is 7.76. The molecule has 2 rings (SSSR count). The lowest BCUT2D eigenvalue weighted by molar-refractivity contribution is -0.138. The van der Waals surface area contributed by atoms with Crippen molar-refractivity contribution in [3.8, 4) is 0 Å². The maximum atomic E-state index is 12.7. The maximum Gasteiger partial charge on any atom is 0.230 e. The molecule has 1 aromatic rings. The Kier molecular flexibility index (Phi) is 6.66. The molecular weight excluding hydrogens is 346 g/mol. The number of thiazole rings is 1. The number of amides is 1. The van der Waals surface area contributed by atoms with Gasteiger partial charge >= 0.3 is 0 Å². The van der Waals surface area contributed by atoms with Gasteiger partial charge in [-0.2, -0.15) is 0 Å². The van der Waals surface area contributed by atoms with E-state index in [1.54, 1.807) is 23.3 Å². The second kappa shape index (κ2) is 8.37. The van der Waals surface area contributed by atoms with Crippen LogP contribution >= 0.6 is 11.3 Å². The van der Waals surface area contributed by atoms with E-state index in [0.29, 0.717) is 13.1 Å². The average molecular weight is 380 g/mol. The van der Waals surface area contributed by atoms with Crippen LogP contribution in [0, 0.1) is 5.41 Å². The van der Waals surface area contributed by atoms with Gasteiger partial charge in [0, 0.05) is 38.5 Å². The van der Waals surface area contributed by atoms with E-state index < -0.39 is 0 Å². The Balaban J connectivity index is 1.93. The monoisotopic (exact) mass is 379 g/mol. The van der Waals surface area contributed by atoms with Gasteiger partial charge in [0.1, 0.15) is 5.01 Å². The molecule has 6 nitrogen and oxygen atoms in total. The van der Waals surface area contributed by atoms with Crippen molar-refractivity contribution in [3.63, 3.8) is 0 Å². The third kappa shape index (κ3) is 4.96. The quantitative estimate of drug-likeness (QED) is 0.610. The van der Waals surface area contributed by atoms with E-state index in [2.05, 4.69) is 41.8 Å². The minimum atomic E-state index is -0.304. The van der Waals surface area contributed by atoms with E-state index in [1.165, 1.54) is 0 Å². The number of nitrogens with one attached hydrogen (secondary N) is 2. The van der Waals surface area contributed by atoms with Crippen molar-refractivity contribution in [2.24, 2.45) is 10.4 Å². The zero-order chi connectivity index (χ0) is 19.4. The zero-order valence-corrected chi connectivity index (χ0v) is 17.8. The lowest BCUT2D eigenvalue weighted by Crippen LogP contribution is -2.49. The highest BCUT2D eigenvalue weighted by molar-refractivity contribution is 7.09. The minimum Gasteiger partial charge on any atom is -0.355 e. The lowest BCUT2D eigenvalue weighted by atomic mass is 9.84. The van der Waals surface area contributed by atoms with Gasteiger partial charge in [-0.25, -0.2) is 4.98 Å². The Bertz CT molecular complexity index is 639. The molecular formula is C19H33N5OS. The zero-order valence-electron chi connectivity index (χ0n) is 17.0. The van der Waals surface area contributed by atoms with Crippen LogP contribution in [0.25, 0.3) is 0 Å². The summed E-state index contributed by atoms with van der Waals surface area (Å²) in [6.07, 6.45) is 4.11. The molecule has 0 aromatic carbocycles. The summed E-state index contributed by atoms with van der Waals surface area (Å²) in [5, 5.41) is 9.85. The van der Waals surface area contributed by atoms with Crippen molar-refractivity contribution in [2.45, 2.75) is 58.4 Å². The van der Waals surface area contributed by atoms with E-state index in [0.717, 1.165) is 42.3 Å². The molecule has 0 aliphatic heterocycles. The van der Waals surface area contributed by atoms with Crippen molar-refractivity contribution in [1.29, 1.82) is 0 Å². The number of aromatic nitrogens is 1. The van der Waals surface area contributed by atoms with Gasteiger partial charge in [-0.3, -0.25) is 9.79 Å². The van der Waals surface area contributed by atoms with E-state index in [-0.39, 0.29) is 16.7 Å². The van der Waals surface area contributed by atoms with Gasteiger partial charge in [0.05, 0.1) is 17.7 Å². The minimum absolute atomic E-state index is 0.0655.